The van der Waals surface area contributed by atoms with E-state index in [1.54, 1.807) is 13.3 Å². The molecule has 2 N–H and O–H groups in total. The van der Waals surface area contributed by atoms with Crippen molar-refractivity contribution in [3.05, 3.63) is 22.8 Å². The molecule has 0 aliphatic heterocycles. The summed E-state index contributed by atoms with van der Waals surface area (Å²) in [5, 5.41) is 7.28. The van der Waals surface area contributed by atoms with Gasteiger partial charge in [0.1, 0.15) is 5.82 Å². The number of ether oxygens (including phenoxy) is 1. The Kier molecular flexibility index (Phi) is 5.85. The van der Waals surface area contributed by atoms with Crippen molar-refractivity contribution < 1.29 is 4.74 Å². The van der Waals surface area contributed by atoms with Crippen LogP contribution in [-0.2, 0) is 11.3 Å². The van der Waals surface area contributed by atoms with Crippen molar-refractivity contribution in [2.45, 2.75) is 32.9 Å². The number of methoxy groups -OCH3 is 1. The summed E-state index contributed by atoms with van der Waals surface area (Å²) < 4.78 is 4.98. The number of hydrogen-bond donors (Lipinski definition) is 2. The Balaban J connectivity index is 2.63. The average Bonchev–Trinajstić information content (AvgIpc) is 2.29. The fourth-order valence-electron chi connectivity index (χ4n) is 1.35. The lowest BCUT2D eigenvalue weighted by atomic mass is 10.1. The highest BCUT2D eigenvalue weighted by Gasteiger charge is 2.10. The summed E-state index contributed by atoms with van der Waals surface area (Å²) >= 11 is 6.13. The van der Waals surface area contributed by atoms with Crippen LogP contribution in [0.25, 0.3) is 0 Å². The summed E-state index contributed by atoms with van der Waals surface area (Å²) in [6.45, 7) is 8.49. The largest absolute Gasteiger partial charge is 0.383 e. The fourth-order valence-corrected chi connectivity index (χ4v) is 1.52. The molecule has 0 saturated heterocycles. The van der Waals surface area contributed by atoms with Gasteiger partial charge in [-0.1, -0.05) is 11.6 Å². The number of pyridine rings is 1. The standard InChI is InChI=1S/C13H22ClN3O/c1-13(2,3)17-8-10-7-12(15-5-6-18-4)16-9-11(10)14/h7,9,17H,5-6,8H2,1-4H3,(H,15,16). The van der Waals surface area contributed by atoms with Gasteiger partial charge in [0.2, 0.25) is 0 Å². The van der Waals surface area contributed by atoms with Crippen molar-refractivity contribution >= 4 is 17.4 Å². The first-order valence-electron chi connectivity index (χ1n) is 6.04. The zero-order valence-corrected chi connectivity index (χ0v) is 12.3. The van der Waals surface area contributed by atoms with Crippen molar-refractivity contribution in [1.29, 1.82) is 0 Å². The summed E-state index contributed by atoms with van der Waals surface area (Å²) in [4.78, 5) is 4.23. The third-order valence-electron chi connectivity index (χ3n) is 2.36. The molecule has 102 valence electrons. The predicted octanol–water partition coefficient (Wildman–Crippen LogP) is 2.68. The molecule has 0 spiro atoms. The van der Waals surface area contributed by atoms with Gasteiger partial charge in [-0.2, -0.15) is 0 Å². The van der Waals surface area contributed by atoms with Crippen LogP contribution in [0.4, 0.5) is 5.82 Å². The van der Waals surface area contributed by atoms with Gasteiger partial charge in [0.05, 0.1) is 11.6 Å². The average molecular weight is 272 g/mol. The third-order valence-corrected chi connectivity index (χ3v) is 2.70. The van der Waals surface area contributed by atoms with Crippen molar-refractivity contribution in [1.82, 2.24) is 10.3 Å². The molecule has 0 aromatic carbocycles. The number of nitrogens with one attached hydrogen (secondary N) is 2. The maximum Gasteiger partial charge on any atom is 0.126 e. The summed E-state index contributed by atoms with van der Waals surface area (Å²) in [6.07, 6.45) is 1.68. The molecule has 18 heavy (non-hydrogen) atoms. The SMILES string of the molecule is COCCNc1cc(CNC(C)(C)C)c(Cl)cn1. The van der Waals surface area contributed by atoms with Gasteiger partial charge in [-0.25, -0.2) is 4.98 Å². The molecule has 0 aliphatic carbocycles. The molecule has 0 atom stereocenters. The van der Waals surface area contributed by atoms with Crippen LogP contribution in [0.3, 0.4) is 0 Å². The van der Waals surface area contributed by atoms with Crippen LogP contribution in [0.15, 0.2) is 12.3 Å². The van der Waals surface area contributed by atoms with E-state index in [1.807, 2.05) is 6.07 Å². The minimum absolute atomic E-state index is 0.0657. The zero-order chi connectivity index (χ0) is 13.6. The van der Waals surface area contributed by atoms with Crippen LogP contribution in [0.1, 0.15) is 26.3 Å². The summed E-state index contributed by atoms with van der Waals surface area (Å²) in [7, 11) is 1.68. The molecule has 0 aliphatic rings. The number of aromatic nitrogens is 1. The molecule has 0 amide bonds. The molecule has 0 radical (unpaired) electrons. The summed E-state index contributed by atoms with van der Waals surface area (Å²) in [5.41, 5.74) is 1.11. The van der Waals surface area contributed by atoms with Crippen LogP contribution in [0.5, 0.6) is 0 Å². The lowest BCUT2D eigenvalue weighted by Gasteiger charge is -2.21. The van der Waals surface area contributed by atoms with Gasteiger partial charge in [0.15, 0.2) is 0 Å². The lowest BCUT2D eigenvalue weighted by Crippen LogP contribution is -2.35. The van der Waals surface area contributed by atoms with E-state index in [1.165, 1.54) is 0 Å². The monoisotopic (exact) mass is 271 g/mol. The number of halogens is 1. The minimum atomic E-state index is 0.0657. The predicted molar refractivity (Wildman–Crippen MR) is 76.2 cm³/mol. The van der Waals surface area contributed by atoms with Crippen molar-refractivity contribution in [2.75, 3.05) is 25.6 Å². The second kappa shape index (κ2) is 6.92. The smallest absolute Gasteiger partial charge is 0.126 e. The zero-order valence-electron chi connectivity index (χ0n) is 11.5. The van der Waals surface area contributed by atoms with E-state index < -0.39 is 0 Å². The molecule has 0 fully saturated rings. The van der Waals surface area contributed by atoms with Gasteiger partial charge in [0.25, 0.3) is 0 Å². The van der Waals surface area contributed by atoms with Gasteiger partial charge >= 0.3 is 0 Å². The second-order valence-electron chi connectivity index (χ2n) is 5.18. The second-order valence-corrected chi connectivity index (χ2v) is 5.59. The maximum atomic E-state index is 6.13. The minimum Gasteiger partial charge on any atom is -0.383 e. The molecule has 1 rings (SSSR count). The quantitative estimate of drug-likeness (QED) is 0.781. The lowest BCUT2D eigenvalue weighted by molar-refractivity contribution is 0.210. The van der Waals surface area contributed by atoms with E-state index in [9.17, 15) is 0 Å². The Bertz CT molecular complexity index is 377. The molecule has 1 aromatic heterocycles. The van der Waals surface area contributed by atoms with Gasteiger partial charge in [0, 0.05) is 31.9 Å². The van der Waals surface area contributed by atoms with Crippen LogP contribution >= 0.6 is 11.6 Å². The van der Waals surface area contributed by atoms with E-state index in [2.05, 4.69) is 36.4 Å². The van der Waals surface area contributed by atoms with Crippen LogP contribution in [0.2, 0.25) is 5.02 Å². The van der Waals surface area contributed by atoms with Gasteiger partial charge < -0.3 is 15.4 Å². The highest BCUT2D eigenvalue weighted by molar-refractivity contribution is 6.31. The maximum absolute atomic E-state index is 6.13. The van der Waals surface area contributed by atoms with E-state index in [0.717, 1.165) is 24.5 Å². The summed E-state index contributed by atoms with van der Waals surface area (Å²) in [5.74, 6) is 0.821. The number of anilines is 1. The fraction of sp³-hybridized carbons (Fsp3) is 0.615. The van der Waals surface area contributed by atoms with Gasteiger partial charge in [-0.05, 0) is 32.4 Å². The molecule has 1 heterocycles. The van der Waals surface area contributed by atoms with Gasteiger partial charge in [-0.15, -0.1) is 0 Å². The molecule has 4 nitrogen and oxygen atoms in total. The van der Waals surface area contributed by atoms with E-state index in [0.29, 0.717) is 11.6 Å². The molecule has 0 saturated carbocycles. The normalized spacial score (nSPS) is 11.6. The molecule has 0 unspecified atom stereocenters. The first kappa shape index (κ1) is 15.2. The van der Waals surface area contributed by atoms with E-state index in [4.69, 9.17) is 16.3 Å². The Hall–Kier alpha value is -0.840. The summed E-state index contributed by atoms with van der Waals surface area (Å²) in [6, 6.07) is 1.97. The molecular formula is C13H22ClN3O. The third kappa shape index (κ3) is 5.67. The van der Waals surface area contributed by atoms with Crippen LogP contribution in [0, 0.1) is 0 Å². The highest BCUT2D eigenvalue weighted by Crippen LogP contribution is 2.18. The Morgan fingerprint density at radius 2 is 2.11 bits per heavy atom. The molecule has 0 bridgehead atoms. The van der Waals surface area contributed by atoms with Crippen LogP contribution in [-0.4, -0.2) is 30.8 Å². The number of nitrogens with zero attached hydrogens (tertiary/aromatic N) is 1. The Morgan fingerprint density at radius 3 is 2.72 bits per heavy atom. The first-order chi connectivity index (χ1) is 8.42. The Morgan fingerprint density at radius 1 is 1.39 bits per heavy atom. The Labute approximate surface area is 114 Å². The van der Waals surface area contributed by atoms with Crippen LogP contribution < -0.4 is 10.6 Å². The van der Waals surface area contributed by atoms with E-state index in [-0.39, 0.29) is 5.54 Å². The number of hydrogen-bond acceptors (Lipinski definition) is 4. The first-order valence-corrected chi connectivity index (χ1v) is 6.42. The molecular weight excluding hydrogens is 250 g/mol. The van der Waals surface area contributed by atoms with Crippen molar-refractivity contribution in [2.24, 2.45) is 0 Å². The van der Waals surface area contributed by atoms with Gasteiger partial charge in [-0.3, -0.25) is 0 Å². The molecule has 1 aromatic rings. The van der Waals surface area contributed by atoms with Crippen molar-refractivity contribution in [3.8, 4) is 0 Å². The highest BCUT2D eigenvalue weighted by atomic mass is 35.5. The topological polar surface area (TPSA) is 46.2 Å². The van der Waals surface area contributed by atoms with E-state index >= 15 is 0 Å². The number of rotatable bonds is 6. The molecule has 5 heteroatoms. The van der Waals surface area contributed by atoms with Crippen molar-refractivity contribution in [3.63, 3.8) is 0 Å².